The van der Waals surface area contributed by atoms with Gasteiger partial charge in [-0.25, -0.2) is 4.98 Å². The molecule has 0 aliphatic carbocycles. The molecule has 0 saturated heterocycles. The number of anilines is 1. The fraction of sp³-hybridized carbons (Fsp3) is 0.188. The van der Waals surface area contributed by atoms with Crippen LogP contribution in [0.1, 0.15) is 18.3 Å². The van der Waals surface area contributed by atoms with E-state index in [0.717, 1.165) is 16.5 Å². The first-order chi connectivity index (χ1) is 10.2. The van der Waals surface area contributed by atoms with Crippen molar-refractivity contribution in [1.29, 1.82) is 0 Å². The average Bonchev–Trinajstić information content (AvgIpc) is 2.52. The van der Waals surface area contributed by atoms with Crippen LogP contribution in [-0.2, 0) is 6.42 Å². The lowest BCUT2D eigenvalue weighted by molar-refractivity contribution is 0.459. The minimum atomic E-state index is 0.449. The van der Waals surface area contributed by atoms with Gasteiger partial charge in [0.05, 0.1) is 5.56 Å². The van der Waals surface area contributed by atoms with Gasteiger partial charge < -0.3 is 10.5 Å². The molecular formula is C16H16N4O. The molecule has 0 bridgehead atoms. The van der Waals surface area contributed by atoms with Gasteiger partial charge in [0, 0.05) is 18.0 Å². The van der Waals surface area contributed by atoms with Crippen LogP contribution in [0.3, 0.4) is 0 Å². The lowest BCUT2D eigenvalue weighted by Gasteiger charge is -2.11. The van der Waals surface area contributed by atoms with E-state index in [0.29, 0.717) is 29.7 Å². The number of rotatable bonds is 3. The second kappa shape index (κ2) is 5.36. The smallest absolute Gasteiger partial charge is 0.227 e. The maximum absolute atomic E-state index is 5.95. The van der Waals surface area contributed by atoms with Crippen LogP contribution in [0.15, 0.2) is 36.5 Å². The fourth-order valence-electron chi connectivity index (χ4n) is 2.08. The van der Waals surface area contributed by atoms with E-state index in [1.165, 1.54) is 0 Å². The summed E-state index contributed by atoms with van der Waals surface area (Å²) in [4.78, 5) is 13.0. The number of fused-ring (bicyclic) bond motifs is 1. The molecule has 0 aliphatic rings. The Hall–Kier alpha value is -2.69. The van der Waals surface area contributed by atoms with Gasteiger partial charge in [-0.3, -0.25) is 4.98 Å². The van der Waals surface area contributed by atoms with Crippen LogP contribution >= 0.6 is 0 Å². The van der Waals surface area contributed by atoms with Crippen LogP contribution in [0, 0.1) is 6.92 Å². The number of hydrogen-bond acceptors (Lipinski definition) is 5. The van der Waals surface area contributed by atoms with Gasteiger partial charge in [-0.05, 0) is 19.1 Å². The normalized spacial score (nSPS) is 10.8. The molecule has 2 N–H and O–H groups in total. The van der Waals surface area contributed by atoms with Crippen LogP contribution in [0.25, 0.3) is 10.9 Å². The van der Waals surface area contributed by atoms with Crippen LogP contribution < -0.4 is 10.5 Å². The summed E-state index contributed by atoms with van der Waals surface area (Å²) in [5.74, 6) is 2.26. The summed E-state index contributed by atoms with van der Waals surface area (Å²) in [6, 6.07) is 9.69. The van der Waals surface area contributed by atoms with Gasteiger partial charge in [-0.1, -0.05) is 25.1 Å². The van der Waals surface area contributed by atoms with Crippen molar-refractivity contribution >= 4 is 16.7 Å². The first kappa shape index (κ1) is 13.3. The first-order valence-electron chi connectivity index (χ1n) is 6.83. The van der Waals surface area contributed by atoms with E-state index < -0.39 is 0 Å². The third-order valence-electron chi connectivity index (χ3n) is 3.30. The number of hydrogen-bond donors (Lipinski definition) is 1. The molecule has 0 saturated carbocycles. The number of pyridine rings is 1. The topological polar surface area (TPSA) is 73.9 Å². The van der Waals surface area contributed by atoms with Crippen molar-refractivity contribution in [3.05, 3.63) is 47.9 Å². The standard InChI is InChI=1S/C16H16N4O/c1-3-13-19-15(17)10(2)16(20-13)21-12-8-4-6-11-7-5-9-18-14(11)12/h4-9H,3H2,1-2H3,(H2,17,19,20). The van der Waals surface area contributed by atoms with Crippen molar-refractivity contribution in [1.82, 2.24) is 15.0 Å². The van der Waals surface area contributed by atoms with Crippen molar-refractivity contribution in [2.75, 3.05) is 5.73 Å². The third kappa shape index (κ3) is 2.50. The van der Waals surface area contributed by atoms with Gasteiger partial charge in [-0.15, -0.1) is 0 Å². The molecule has 3 rings (SSSR count). The molecule has 5 nitrogen and oxygen atoms in total. The Bertz CT molecular complexity index is 796. The second-order valence-electron chi connectivity index (χ2n) is 4.74. The number of aryl methyl sites for hydroxylation is 1. The van der Waals surface area contributed by atoms with E-state index in [9.17, 15) is 0 Å². The second-order valence-corrected chi connectivity index (χ2v) is 4.74. The molecule has 0 aliphatic heterocycles. The highest BCUT2D eigenvalue weighted by molar-refractivity contribution is 5.84. The van der Waals surface area contributed by atoms with Gasteiger partial charge in [0.1, 0.15) is 17.2 Å². The van der Waals surface area contributed by atoms with Crippen molar-refractivity contribution in [2.45, 2.75) is 20.3 Å². The molecule has 21 heavy (non-hydrogen) atoms. The molecule has 0 amide bonds. The summed E-state index contributed by atoms with van der Waals surface area (Å²) in [6.07, 6.45) is 2.45. The first-order valence-corrected chi connectivity index (χ1v) is 6.83. The Morgan fingerprint density at radius 3 is 2.76 bits per heavy atom. The minimum Gasteiger partial charge on any atom is -0.436 e. The Kier molecular flexibility index (Phi) is 3.39. The van der Waals surface area contributed by atoms with E-state index in [2.05, 4.69) is 15.0 Å². The van der Waals surface area contributed by atoms with Crippen molar-refractivity contribution in [2.24, 2.45) is 0 Å². The molecule has 1 aromatic carbocycles. The predicted molar refractivity (Wildman–Crippen MR) is 82.4 cm³/mol. The summed E-state index contributed by atoms with van der Waals surface area (Å²) < 4.78 is 5.95. The number of aromatic nitrogens is 3. The van der Waals surface area contributed by atoms with E-state index in [4.69, 9.17) is 10.5 Å². The number of ether oxygens (including phenoxy) is 1. The number of nitrogens with zero attached hydrogens (tertiary/aromatic N) is 3. The number of para-hydroxylation sites is 1. The summed E-state index contributed by atoms with van der Waals surface area (Å²) in [5.41, 5.74) is 7.45. The number of nitrogens with two attached hydrogens (primary N) is 1. The summed E-state index contributed by atoms with van der Waals surface area (Å²) >= 11 is 0. The zero-order chi connectivity index (χ0) is 14.8. The van der Waals surface area contributed by atoms with Crippen LogP contribution in [0.4, 0.5) is 5.82 Å². The van der Waals surface area contributed by atoms with Gasteiger partial charge >= 0.3 is 0 Å². The number of benzene rings is 1. The van der Waals surface area contributed by atoms with Crippen LogP contribution in [0.2, 0.25) is 0 Å². The molecule has 2 aromatic heterocycles. The summed E-state index contributed by atoms with van der Waals surface area (Å²) in [7, 11) is 0. The van der Waals surface area contributed by atoms with Crippen LogP contribution in [0.5, 0.6) is 11.6 Å². The Morgan fingerprint density at radius 1 is 1.14 bits per heavy atom. The van der Waals surface area contributed by atoms with E-state index in [1.54, 1.807) is 6.20 Å². The van der Waals surface area contributed by atoms with Crippen molar-refractivity contribution in [3.8, 4) is 11.6 Å². The maximum Gasteiger partial charge on any atom is 0.227 e. The Morgan fingerprint density at radius 2 is 1.95 bits per heavy atom. The highest BCUT2D eigenvalue weighted by atomic mass is 16.5. The predicted octanol–water partition coefficient (Wildman–Crippen LogP) is 3.27. The lowest BCUT2D eigenvalue weighted by Crippen LogP contribution is -2.04. The van der Waals surface area contributed by atoms with Gasteiger partial charge in [0.25, 0.3) is 0 Å². The lowest BCUT2D eigenvalue weighted by atomic mass is 10.2. The largest absolute Gasteiger partial charge is 0.436 e. The molecule has 0 atom stereocenters. The molecule has 106 valence electrons. The maximum atomic E-state index is 5.95. The van der Waals surface area contributed by atoms with Gasteiger partial charge in [-0.2, -0.15) is 4.98 Å². The highest BCUT2D eigenvalue weighted by Gasteiger charge is 2.12. The van der Waals surface area contributed by atoms with Crippen molar-refractivity contribution in [3.63, 3.8) is 0 Å². The SMILES string of the molecule is CCc1nc(N)c(C)c(Oc2cccc3cccnc23)n1. The summed E-state index contributed by atoms with van der Waals surface area (Å²) in [5, 5.41) is 1.02. The molecule has 3 aromatic rings. The zero-order valence-corrected chi connectivity index (χ0v) is 12.0. The minimum absolute atomic E-state index is 0.449. The summed E-state index contributed by atoms with van der Waals surface area (Å²) in [6.45, 7) is 3.83. The third-order valence-corrected chi connectivity index (χ3v) is 3.30. The number of nitrogen functional groups attached to an aromatic ring is 1. The van der Waals surface area contributed by atoms with Gasteiger partial charge in [0.2, 0.25) is 5.88 Å². The van der Waals surface area contributed by atoms with Crippen LogP contribution in [-0.4, -0.2) is 15.0 Å². The monoisotopic (exact) mass is 280 g/mol. The Balaban J connectivity index is 2.09. The van der Waals surface area contributed by atoms with E-state index >= 15 is 0 Å². The quantitative estimate of drug-likeness (QED) is 0.797. The molecule has 5 heteroatoms. The van der Waals surface area contributed by atoms with Crippen molar-refractivity contribution < 1.29 is 4.74 Å². The molecule has 0 unspecified atom stereocenters. The zero-order valence-electron chi connectivity index (χ0n) is 12.0. The van der Waals surface area contributed by atoms with Gasteiger partial charge in [0.15, 0.2) is 5.75 Å². The highest BCUT2D eigenvalue weighted by Crippen LogP contribution is 2.30. The van der Waals surface area contributed by atoms with E-state index in [-0.39, 0.29) is 0 Å². The van der Waals surface area contributed by atoms with E-state index in [1.807, 2.05) is 44.2 Å². The Labute approximate surface area is 122 Å². The average molecular weight is 280 g/mol. The molecule has 0 fully saturated rings. The molecule has 0 radical (unpaired) electrons. The molecule has 0 spiro atoms. The fourth-order valence-corrected chi connectivity index (χ4v) is 2.08. The molecular weight excluding hydrogens is 264 g/mol. The molecule has 2 heterocycles.